The van der Waals surface area contributed by atoms with Crippen LogP contribution in [0.3, 0.4) is 0 Å². The molecule has 1 heterocycles. The molecule has 1 amide bonds. The van der Waals surface area contributed by atoms with Gasteiger partial charge in [-0.2, -0.15) is 0 Å². The Labute approximate surface area is 158 Å². The van der Waals surface area contributed by atoms with Crippen molar-refractivity contribution in [3.8, 4) is 17.2 Å². The minimum absolute atomic E-state index is 0.166. The molecule has 2 aromatic carbocycles. The second kappa shape index (κ2) is 8.40. The number of aryl methyl sites for hydroxylation is 1. The van der Waals surface area contributed by atoms with Crippen LogP contribution in [0, 0.1) is 6.92 Å². The summed E-state index contributed by atoms with van der Waals surface area (Å²) in [6.45, 7) is 4.13. The van der Waals surface area contributed by atoms with Gasteiger partial charge in [0.2, 0.25) is 0 Å². The average molecular weight is 365 g/mol. The summed E-state index contributed by atoms with van der Waals surface area (Å²) in [5.41, 5.74) is 2.05. The van der Waals surface area contributed by atoms with Crippen LogP contribution in [-0.4, -0.2) is 28.7 Å². The molecule has 3 rings (SSSR count). The van der Waals surface area contributed by atoms with E-state index < -0.39 is 6.10 Å². The highest BCUT2D eigenvalue weighted by Gasteiger charge is 2.14. The molecule has 6 heteroatoms. The molecule has 0 radical (unpaired) electrons. The minimum Gasteiger partial charge on any atom is -0.497 e. The van der Waals surface area contributed by atoms with Gasteiger partial charge < -0.3 is 19.4 Å². The average Bonchev–Trinajstić information content (AvgIpc) is 3.13. The first-order chi connectivity index (χ1) is 13.1. The predicted molar refractivity (Wildman–Crippen MR) is 103 cm³/mol. The first-order valence-corrected chi connectivity index (χ1v) is 8.74. The third kappa shape index (κ3) is 4.67. The van der Waals surface area contributed by atoms with Gasteiger partial charge in [0.05, 0.1) is 7.11 Å². The van der Waals surface area contributed by atoms with E-state index in [1.54, 1.807) is 44.5 Å². The fourth-order valence-corrected chi connectivity index (χ4v) is 2.67. The van der Waals surface area contributed by atoms with Gasteiger partial charge >= 0.3 is 0 Å². The number of hydrogen-bond donors (Lipinski definition) is 1. The van der Waals surface area contributed by atoms with Crippen molar-refractivity contribution in [1.29, 1.82) is 0 Å². The fourth-order valence-electron chi connectivity index (χ4n) is 2.67. The van der Waals surface area contributed by atoms with Gasteiger partial charge in [0.25, 0.3) is 5.91 Å². The Morgan fingerprint density at radius 3 is 2.37 bits per heavy atom. The molecule has 6 nitrogen and oxygen atoms in total. The lowest BCUT2D eigenvalue weighted by molar-refractivity contribution is -0.127. The largest absolute Gasteiger partial charge is 0.497 e. The molecule has 1 N–H and O–H groups in total. The summed E-state index contributed by atoms with van der Waals surface area (Å²) < 4.78 is 12.8. The number of methoxy groups -OCH3 is 1. The standard InChI is InChI=1S/C21H23N3O3/c1-15(27-20-10-8-19(26-3)9-11-20)21(25)23-14-17-4-6-18(7-5-17)24-13-12-22-16(24)2/h4-13,15H,14H2,1-3H3,(H,23,25)/t15-/m0/s1. The van der Waals surface area contributed by atoms with E-state index >= 15 is 0 Å². The van der Waals surface area contributed by atoms with E-state index in [0.29, 0.717) is 12.3 Å². The molecule has 27 heavy (non-hydrogen) atoms. The number of amides is 1. The fraction of sp³-hybridized carbons (Fsp3) is 0.238. The van der Waals surface area contributed by atoms with Crippen molar-refractivity contribution < 1.29 is 14.3 Å². The molecular weight excluding hydrogens is 342 g/mol. The van der Waals surface area contributed by atoms with Crippen molar-refractivity contribution in [3.05, 3.63) is 72.3 Å². The normalized spacial score (nSPS) is 11.7. The maximum Gasteiger partial charge on any atom is 0.261 e. The van der Waals surface area contributed by atoms with Crippen LogP contribution in [0.2, 0.25) is 0 Å². The van der Waals surface area contributed by atoms with Crippen LogP contribution in [0.1, 0.15) is 18.3 Å². The third-order valence-corrected chi connectivity index (χ3v) is 4.25. The van der Waals surface area contributed by atoms with Crippen molar-refractivity contribution >= 4 is 5.91 Å². The van der Waals surface area contributed by atoms with Crippen LogP contribution in [-0.2, 0) is 11.3 Å². The van der Waals surface area contributed by atoms with Gasteiger partial charge in [0.1, 0.15) is 17.3 Å². The summed E-state index contributed by atoms with van der Waals surface area (Å²) >= 11 is 0. The monoisotopic (exact) mass is 365 g/mol. The summed E-state index contributed by atoms with van der Waals surface area (Å²) in [5, 5.41) is 2.90. The minimum atomic E-state index is -0.591. The molecule has 0 aliphatic carbocycles. The smallest absolute Gasteiger partial charge is 0.261 e. The lowest BCUT2D eigenvalue weighted by Gasteiger charge is -2.15. The third-order valence-electron chi connectivity index (χ3n) is 4.25. The highest BCUT2D eigenvalue weighted by atomic mass is 16.5. The van der Waals surface area contributed by atoms with E-state index in [4.69, 9.17) is 9.47 Å². The summed E-state index contributed by atoms with van der Waals surface area (Å²) in [6, 6.07) is 15.1. The Morgan fingerprint density at radius 1 is 1.11 bits per heavy atom. The zero-order chi connectivity index (χ0) is 19.2. The van der Waals surface area contributed by atoms with Gasteiger partial charge in [-0.25, -0.2) is 4.98 Å². The van der Waals surface area contributed by atoms with Gasteiger partial charge in [-0.3, -0.25) is 4.79 Å². The molecule has 1 aromatic heterocycles. The zero-order valence-corrected chi connectivity index (χ0v) is 15.7. The first kappa shape index (κ1) is 18.5. The van der Waals surface area contributed by atoms with Crippen LogP contribution in [0.5, 0.6) is 11.5 Å². The molecule has 0 bridgehead atoms. The molecular formula is C21H23N3O3. The topological polar surface area (TPSA) is 65.4 Å². The quantitative estimate of drug-likeness (QED) is 0.698. The maximum atomic E-state index is 12.3. The van der Waals surface area contributed by atoms with Gasteiger partial charge in [-0.05, 0) is 55.8 Å². The molecule has 0 aliphatic rings. The van der Waals surface area contributed by atoms with E-state index in [2.05, 4.69) is 10.3 Å². The Bertz CT molecular complexity index is 886. The van der Waals surface area contributed by atoms with E-state index in [0.717, 1.165) is 22.8 Å². The summed E-state index contributed by atoms with van der Waals surface area (Å²) in [5.74, 6) is 2.13. The predicted octanol–water partition coefficient (Wildman–Crippen LogP) is 3.27. The van der Waals surface area contributed by atoms with Crippen molar-refractivity contribution in [3.63, 3.8) is 0 Å². The SMILES string of the molecule is COc1ccc(O[C@@H](C)C(=O)NCc2ccc(-n3ccnc3C)cc2)cc1. The number of carbonyl (C=O) groups excluding carboxylic acids is 1. The lowest BCUT2D eigenvalue weighted by atomic mass is 10.2. The number of nitrogens with zero attached hydrogens (tertiary/aromatic N) is 2. The zero-order valence-electron chi connectivity index (χ0n) is 15.7. The Balaban J connectivity index is 1.52. The highest BCUT2D eigenvalue weighted by Crippen LogP contribution is 2.18. The second-order valence-corrected chi connectivity index (χ2v) is 6.16. The number of imidazole rings is 1. The van der Waals surface area contributed by atoms with Gasteiger partial charge in [0, 0.05) is 24.6 Å². The molecule has 1 atom stereocenters. The van der Waals surface area contributed by atoms with E-state index in [1.807, 2.05) is 42.0 Å². The van der Waals surface area contributed by atoms with Gasteiger partial charge in [-0.15, -0.1) is 0 Å². The van der Waals surface area contributed by atoms with Crippen molar-refractivity contribution in [2.75, 3.05) is 7.11 Å². The number of carbonyl (C=O) groups is 1. The molecule has 0 saturated heterocycles. The molecule has 140 valence electrons. The molecule has 0 fully saturated rings. The molecule has 0 saturated carbocycles. The van der Waals surface area contributed by atoms with Crippen LogP contribution in [0.15, 0.2) is 60.9 Å². The van der Waals surface area contributed by atoms with Crippen molar-refractivity contribution in [2.24, 2.45) is 0 Å². The number of benzene rings is 2. The van der Waals surface area contributed by atoms with Crippen molar-refractivity contribution in [1.82, 2.24) is 14.9 Å². The van der Waals surface area contributed by atoms with Gasteiger partial charge in [0.15, 0.2) is 6.10 Å². The van der Waals surface area contributed by atoms with E-state index in [-0.39, 0.29) is 5.91 Å². The number of hydrogen-bond acceptors (Lipinski definition) is 4. The lowest BCUT2D eigenvalue weighted by Crippen LogP contribution is -2.35. The number of aromatic nitrogens is 2. The number of nitrogens with one attached hydrogen (secondary N) is 1. The number of ether oxygens (including phenoxy) is 2. The van der Waals surface area contributed by atoms with Crippen LogP contribution in [0.25, 0.3) is 5.69 Å². The van der Waals surface area contributed by atoms with Crippen LogP contribution >= 0.6 is 0 Å². The van der Waals surface area contributed by atoms with Crippen LogP contribution < -0.4 is 14.8 Å². The molecule has 0 spiro atoms. The Hall–Kier alpha value is -3.28. The Morgan fingerprint density at radius 2 is 1.78 bits per heavy atom. The van der Waals surface area contributed by atoms with E-state index in [9.17, 15) is 4.79 Å². The highest BCUT2D eigenvalue weighted by molar-refractivity contribution is 5.80. The first-order valence-electron chi connectivity index (χ1n) is 8.74. The van der Waals surface area contributed by atoms with Crippen LogP contribution in [0.4, 0.5) is 0 Å². The van der Waals surface area contributed by atoms with Gasteiger partial charge in [-0.1, -0.05) is 12.1 Å². The maximum absolute atomic E-state index is 12.3. The molecule has 3 aromatic rings. The number of rotatable bonds is 7. The second-order valence-electron chi connectivity index (χ2n) is 6.16. The summed E-state index contributed by atoms with van der Waals surface area (Å²) in [7, 11) is 1.61. The van der Waals surface area contributed by atoms with E-state index in [1.165, 1.54) is 0 Å². The Kier molecular flexibility index (Phi) is 5.76. The molecule has 0 unspecified atom stereocenters. The summed E-state index contributed by atoms with van der Waals surface area (Å²) in [4.78, 5) is 16.5. The van der Waals surface area contributed by atoms with Crippen molar-refractivity contribution in [2.45, 2.75) is 26.5 Å². The molecule has 0 aliphatic heterocycles. The summed E-state index contributed by atoms with van der Waals surface area (Å²) in [6.07, 6.45) is 3.10.